The zero-order chi connectivity index (χ0) is 14.2. The summed E-state index contributed by atoms with van der Waals surface area (Å²) < 4.78 is 5.29. The molecule has 0 aromatic heterocycles. The van der Waals surface area contributed by atoms with Crippen LogP contribution in [0.25, 0.3) is 0 Å². The zero-order valence-corrected chi connectivity index (χ0v) is 12.4. The second kappa shape index (κ2) is 5.07. The summed E-state index contributed by atoms with van der Waals surface area (Å²) >= 11 is 0. The molecule has 0 radical (unpaired) electrons. The minimum atomic E-state index is 0.539. The van der Waals surface area contributed by atoms with Gasteiger partial charge in [0.1, 0.15) is 5.75 Å². The molecule has 0 saturated carbocycles. The van der Waals surface area contributed by atoms with Crippen LogP contribution < -0.4 is 4.74 Å². The van der Waals surface area contributed by atoms with E-state index >= 15 is 0 Å². The molecule has 0 spiro atoms. The number of allylic oxidation sites excluding steroid dienone is 8. The lowest BCUT2D eigenvalue weighted by Gasteiger charge is -2.32. The number of hydrogen-bond donors (Lipinski definition) is 0. The summed E-state index contributed by atoms with van der Waals surface area (Å²) in [5.41, 5.74) is 7.60. The van der Waals surface area contributed by atoms with E-state index in [4.69, 9.17) is 4.74 Å². The summed E-state index contributed by atoms with van der Waals surface area (Å²) in [4.78, 5) is 0. The van der Waals surface area contributed by atoms with E-state index < -0.39 is 0 Å². The summed E-state index contributed by atoms with van der Waals surface area (Å²) in [6.07, 6.45) is 14.1. The van der Waals surface area contributed by atoms with Crippen molar-refractivity contribution in [3.8, 4) is 5.75 Å². The lowest BCUT2D eigenvalue weighted by atomic mass is 9.72. The van der Waals surface area contributed by atoms with Gasteiger partial charge in [0.15, 0.2) is 0 Å². The van der Waals surface area contributed by atoms with Crippen molar-refractivity contribution in [2.24, 2.45) is 0 Å². The molecule has 1 atom stereocenters. The van der Waals surface area contributed by atoms with Crippen molar-refractivity contribution >= 4 is 0 Å². The molecule has 0 N–H and O–H groups in total. The molecular weight excluding hydrogens is 256 g/mol. The van der Waals surface area contributed by atoms with Crippen molar-refractivity contribution in [3.05, 3.63) is 76.4 Å². The predicted molar refractivity (Wildman–Crippen MR) is 86.5 cm³/mol. The topological polar surface area (TPSA) is 9.23 Å². The minimum absolute atomic E-state index is 0.539. The molecule has 3 aliphatic rings. The molecule has 1 nitrogen and oxygen atoms in total. The van der Waals surface area contributed by atoms with Crippen LogP contribution in [0.3, 0.4) is 0 Å². The number of ether oxygens (including phenoxy) is 1. The first kappa shape index (κ1) is 12.7. The standard InChI is InChI=1S/C20H20O/c1-21-16-11-9-14(10-12-16)20-13-15-5-4-8-17(15)18-6-2-3-7-19(18)20/h2,5-6,8-12,20H,3-4,7,13H2,1H3. The molecule has 1 aromatic rings. The van der Waals surface area contributed by atoms with Gasteiger partial charge in [-0.2, -0.15) is 0 Å². The molecule has 1 unspecified atom stereocenters. The number of hydrogen-bond acceptors (Lipinski definition) is 1. The summed E-state index contributed by atoms with van der Waals surface area (Å²) in [5.74, 6) is 1.48. The van der Waals surface area contributed by atoms with Gasteiger partial charge in [0, 0.05) is 5.92 Å². The molecule has 0 amide bonds. The first-order chi connectivity index (χ1) is 10.4. The second-order valence-corrected chi connectivity index (χ2v) is 5.99. The van der Waals surface area contributed by atoms with Crippen molar-refractivity contribution in [1.29, 1.82) is 0 Å². The lowest BCUT2D eigenvalue weighted by Crippen LogP contribution is -2.15. The smallest absolute Gasteiger partial charge is 0.118 e. The van der Waals surface area contributed by atoms with E-state index in [1.54, 1.807) is 18.3 Å². The van der Waals surface area contributed by atoms with Crippen molar-refractivity contribution in [3.63, 3.8) is 0 Å². The van der Waals surface area contributed by atoms with E-state index in [0.29, 0.717) is 5.92 Å². The molecule has 106 valence electrons. The Morgan fingerprint density at radius 2 is 1.95 bits per heavy atom. The van der Waals surface area contributed by atoms with Crippen molar-refractivity contribution in [1.82, 2.24) is 0 Å². The molecule has 0 fully saturated rings. The van der Waals surface area contributed by atoms with E-state index in [0.717, 1.165) is 18.6 Å². The second-order valence-electron chi connectivity index (χ2n) is 5.99. The highest BCUT2D eigenvalue weighted by Gasteiger charge is 2.30. The largest absolute Gasteiger partial charge is 0.497 e. The summed E-state index contributed by atoms with van der Waals surface area (Å²) in [7, 11) is 1.72. The summed E-state index contributed by atoms with van der Waals surface area (Å²) in [6, 6.07) is 8.64. The maximum atomic E-state index is 5.29. The molecule has 1 heteroatoms. The maximum Gasteiger partial charge on any atom is 0.118 e. The van der Waals surface area contributed by atoms with Gasteiger partial charge in [-0.25, -0.2) is 0 Å². The average Bonchev–Trinajstić information content (AvgIpc) is 3.03. The van der Waals surface area contributed by atoms with Gasteiger partial charge in [0.25, 0.3) is 0 Å². The minimum Gasteiger partial charge on any atom is -0.497 e. The Balaban J connectivity index is 1.79. The Hall–Kier alpha value is -2.02. The third-order valence-electron chi connectivity index (χ3n) is 4.90. The van der Waals surface area contributed by atoms with E-state index in [2.05, 4.69) is 48.6 Å². The van der Waals surface area contributed by atoms with Gasteiger partial charge in [0.2, 0.25) is 0 Å². The first-order valence-corrected chi connectivity index (χ1v) is 7.80. The van der Waals surface area contributed by atoms with Gasteiger partial charge in [-0.3, -0.25) is 0 Å². The molecular formula is C20H20O. The van der Waals surface area contributed by atoms with Gasteiger partial charge >= 0.3 is 0 Å². The molecule has 21 heavy (non-hydrogen) atoms. The highest BCUT2D eigenvalue weighted by Crippen LogP contribution is 2.48. The van der Waals surface area contributed by atoms with E-state index in [9.17, 15) is 0 Å². The summed E-state index contributed by atoms with van der Waals surface area (Å²) in [5, 5.41) is 0. The third-order valence-corrected chi connectivity index (χ3v) is 4.90. The van der Waals surface area contributed by atoms with Gasteiger partial charge in [0.05, 0.1) is 7.11 Å². The molecule has 0 heterocycles. The molecule has 1 aromatic carbocycles. The Kier molecular flexibility index (Phi) is 3.07. The van der Waals surface area contributed by atoms with E-state index in [1.807, 2.05) is 0 Å². The molecule has 0 aliphatic heterocycles. The molecule has 3 aliphatic carbocycles. The normalized spacial score (nSPS) is 23.4. The summed E-state index contributed by atoms with van der Waals surface area (Å²) in [6.45, 7) is 0. The Morgan fingerprint density at radius 3 is 2.76 bits per heavy atom. The SMILES string of the molecule is COc1ccc(C2CC3=CCC=C3C3=C2CCC=C3)cc1. The number of benzene rings is 1. The van der Waals surface area contributed by atoms with Crippen LogP contribution in [0.15, 0.2) is 70.9 Å². The maximum absolute atomic E-state index is 5.29. The number of fused-ring (bicyclic) bond motifs is 2. The predicted octanol–water partition coefficient (Wildman–Crippen LogP) is 5.09. The Bertz CT molecular complexity index is 683. The van der Waals surface area contributed by atoms with Crippen molar-refractivity contribution in [2.45, 2.75) is 31.6 Å². The fraction of sp³-hybridized carbons (Fsp3) is 0.300. The van der Waals surface area contributed by atoms with Crippen LogP contribution >= 0.6 is 0 Å². The highest BCUT2D eigenvalue weighted by atomic mass is 16.5. The van der Waals surface area contributed by atoms with Crippen molar-refractivity contribution in [2.75, 3.05) is 7.11 Å². The third kappa shape index (κ3) is 2.08. The van der Waals surface area contributed by atoms with Gasteiger partial charge in [-0.15, -0.1) is 0 Å². The number of methoxy groups -OCH3 is 1. The van der Waals surface area contributed by atoms with Gasteiger partial charge in [-0.1, -0.05) is 42.0 Å². The van der Waals surface area contributed by atoms with Crippen LogP contribution in [0.1, 0.15) is 37.2 Å². The van der Waals surface area contributed by atoms with E-state index in [-0.39, 0.29) is 0 Å². The Morgan fingerprint density at radius 1 is 1.10 bits per heavy atom. The van der Waals surface area contributed by atoms with Gasteiger partial charge in [-0.05, 0) is 60.1 Å². The highest BCUT2D eigenvalue weighted by molar-refractivity contribution is 5.63. The zero-order valence-electron chi connectivity index (χ0n) is 12.4. The van der Waals surface area contributed by atoms with Crippen LogP contribution in [-0.4, -0.2) is 7.11 Å². The van der Waals surface area contributed by atoms with Gasteiger partial charge < -0.3 is 4.74 Å². The fourth-order valence-electron chi connectivity index (χ4n) is 3.84. The first-order valence-electron chi connectivity index (χ1n) is 7.80. The Labute approximate surface area is 126 Å². The van der Waals surface area contributed by atoms with Crippen LogP contribution in [-0.2, 0) is 0 Å². The van der Waals surface area contributed by atoms with Crippen molar-refractivity contribution < 1.29 is 4.74 Å². The van der Waals surface area contributed by atoms with Crippen LogP contribution in [0.5, 0.6) is 5.75 Å². The molecule has 4 rings (SSSR count). The molecule has 0 saturated heterocycles. The monoisotopic (exact) mass is 276 g/mol. The quantitative estimate of drug-likeness (QED) is 0.731. The van der Waals surface area contributed by atoms with Crippen LogP contribution in [0.2, 0.25) is 0 Å². The van der Waals surface area contributed by atoms with Crippen LogP contribution in [0.4, 0.5) is 0 Å². The fourth-order valence-corrected chi connectivity index (χ4v) is 3.84. The number of rotatable bonds is 2. The average molecular weight is 276 g/mol. The lowest BCUT2D eigenvalue weighted by molar-refractivity contribution is 0.414. The van der Waals surface area contributed by atoms with Crippen LogP contribution in [0, 0.1) is 0 Å². The van der Waals surface area contributed by atoms with E-state index in [1.165, 1.54) is 29.6 Å². The molecule has 0 bridgehead atoms.